The van der Waals surface area contributed by atoms with Crippen LogP contribution in [0.2, 0.25) is 0 Å². The molecule has 6 nitrogen and oxygen atoms in total. The Balaban J connectivity index is 1.85. The lowest BCUT2D eigenvalue weighted by Crippen LogP contribution is -2.28. The van der Waals surface area contributed by atoms with Gasteiger partial charge in [0.15, 0.2) is 0 Å². The molecule has 7 heteroatoms. The molecule has 2 N–H and O–H groups in total. The number of fused-ring (bicyclic) bond motifs is 1. The minimum absolute atomic E-state index is 0.0767. The zero-order valence-corrected chi connectivity index (χ0v) is 13.1. The molecule has 0 saturated heterocycles. The maximum absolute atomic E-state index is 13.0. The quantitative estimate of drug-likeness (QED) is 0.900. The average Bonchev–Trinajstić information content (AvgIpc) is 2.95. The Bertz CT molecular complexity index is 783. The Morgan fingerprint density at radius 1 is 1.33 bits per heavy atom. The molecular weight excluding hydrogens is 315 g/mol. The molecular formula is C17H17FN2O4. The van der Waals surface area contributed by atoms with Crippen LogP contribution in [0.3, 0.4) is 0 Å². The standard InChI is InChI=1S/C17H17FN2O4/c1-10(11-2-4-12(18)5-3-11)19-16(21)13-8-14(17(22)23)20-6-7-24-9-15(13)20/h2-5,8,10H,6-7,9H2,1H3,(H,19,21)(H,22,23). The highest BCUT2D eigenvalue weighted by atomic mass is 19.1. The van der Waals surface area contributed by atoms with Crippen molar-refractivity contribution >= 4 is 11.9 Å². The fourth-order valence-electron chi connectivity index (χ4n) is 2.81. The van der Waals surface area contributed by atoms with Gasteiger partial charge in [-0.2, -0.15) is 0 Å². The predicted molar refractivity (Wildman–Crippen MR) is 83.3 cm³/mol. The summed E-state index contributed by atoms with van der Waals surface area (Å²) in [6, 6.07) is 6.89. The molecule has 1 aliphatic rings. The normalized spacial score (nSPS) is 14.8. The number of amides is 1. The first-order valence-corrected chi connectivity index (χ1v) is 7.57. The summed E-state index contributed by atoms with van der Waals surface area (Å²) in [5.74, 6) is -1.81. The molecule has 1 aromatic heterocycles. The van der Waals surface area contributed by atoms with E-state index in [1.807, 2.05) is 0 Å². The van der Waals surface area contributed by atoms with Crippen LogP contribution in [0.1, 0.15) is 45.1 Å². The minimum Gasteiger partial charge on any atom is -0.477 e. The molecule has 1 amide bonds. The van der Waals surface area contributed by atoms with Gasteiger partial charge in [-0.3, -0.25) is 4.79 Å². The number of nitrogens with zero attached hydrogens (tertiary/aromatic N) is 1. The monoisotopic (exact) mass is 332 g/mol. The largest absolute Gasteiger partial charge is 0.477 e. The summed E-state index contributed by atoms with van der Waals surface area (Å²) in [5.41, 5.74) is 1.68. The third-order valence-corrected chi connectivity index (χ3v) is 4.09. The summed E-state index contributed by atoms with van der Waals surface area (Å²) < 4.78 is 19.9. The van der Waals surface area contributed by atoms with Gasteiger partial charge in [0.2, 0.25) is 0 Å². The second-order valence-corrected chi connectivity index (χ2v) is 5.65. The minimum atomic E-state index is -1.08. The van der Waals surface area contributed by atoms with Gasteiger partial charge in [-0.05, 0) is 30.7 Å². The van der Waals surface area contributed by atoms with E-state index in [-0.39, 0.29) is 30.1 Å². The molecule has 126 valence electrons. The molecule has 0 fully saturated rings. The Kier molecular flexibility index (Phi) is 4.35. The molecule has 0 spiro atoms. The maximum Gasteiger partial charge on any atom is 0.352 e. The molecule has 1 atom stereocenters. The number of aromatic nitrogens is 1. The first-order valence-electron chi connectivity index (χ1n) is 7.57. The number of carbonyl (C=O) groups is 2. The van der Waals surface area contributed by atoms with E-state index in [9.17, 15) is 19.1 Å². The summed E-state index contributed by atoms with van der Waals surface area (Å²) in [5, 5.41) is 12.1. The van der Waals surface area contributed by atoms with E-state index in [1.165, 1.54) is 18.2 Å². The summed E-state index contributed by atoms with van der Waals surface area (Å²) >= 11 is 0. The number of hydrogen-bond donors (Lipinski definition) is 2. The van der Waals surface area contributed by atoms with Crippen molar-refractivity contribution in [2.45, 2.75) is 26.1 Å². The van der Waals surface area contributed by atoms with Crippen LogP contribution in [-0.4, -0.2) is 28.2 Å². The van der Waals surface area contributed by atoms with Crippen LogP contribution >= 0.6 is 0 Å². The van der Waals surface area contributed by atoms with Crippen LogP contribution in [0.25, 0.3) is 0 Å². The number of carboxylic acids is 1. The van der Waals surface area contributed by atoms with Gasteiger partial charge in [0.1, 0.15) is 11.5 Å². The highest BCUT2D eigenvalue weighted by molar-refractivity contribution is 5.99. The Hall–Kier alpha value is -2.67. The van der Waals surface area contributed by atoms with Gasteiger partial charge >= 0.3 is 5.97 Å². The van der Waals surface area contributed by atoms with Crippen molar-refractivity contribution in [2.24, 2.45) is 0 Å². The molecule has 0 bridgehead atoms. The fourth-order valence-corrected chi connectivity index (χ4v) is 2.81. The second-order valence-electron chi connectivity index (χ2n) is 5.65. The molecule has 1 aromatic carbocycles. The SMILES string of the molecule is CC(NC(=O)c1cc(C(=O)O)n2c1COCC2)c1ccc(F)cc1. The highest BCUT2D eigenvalue weighted by Crippen LogP contribution is 2.22. The van der Waals surface area contributed by atoms with Crippen molar-refractivity contribution in [1.29, 1.82) is 0 Å². The van der Waals surface area contributed by atoms with E-state index in [2.05, 4.69) is 5.32 Å². The molecule has 3 rings (SSSR count). The Labute approximate surface area is 137 Å². The van der Waals surface area contributed by atoms with Gasteiger partial charge < -0.3 is 19.7 Å². The van der Waals surface area contributed by atoms with Crippen LogP contribution in [0, 0.1) is 5.82 Å². The van der Waals surface area contributed by atoms with Gasteiger partial charge in [-0.1, -0.05) is 12.1 Å². The van der Waals surface area contributed by atoms with Crippen molar-refractivity contribution in [2.75, 3.05) is 6.61 Å². The van der Waals surface area contributed by atoms with E-state index in [0.29, 0.717) is 24.4 Å². The number of benzene rings is 1. The van der Waals surface area contributed by atoms with E-state index in [4.69, 9.17) is 4.74 Å². The number of nitrogens with one attached hydrogen (secondary N) is 1. The molecule has 2 aromatic rings. The first-order chi connectivity index (χ1) is 11.5. The van der Waals surface area contributed by atoms with E-state index < -0.39 is 5.97 Å². The summed E-state index contributed by atoms with van der Waals surface area (Å²) in [4.78, 5) is 23.9. The fraction of sp³-hybridized carbons (Fsp3) is 0.294. The molecule has 1 unspecified atom stereocenters. The zero-order chi connectivity index (χ0) is 17.3. The molecule has 0 saturated carbocycles. The summed E-state index contributed by atoms with van der Waals surface area (Å²) in [7, 11) is 0. The van der Waals surface area contributed by atoms with Crippen molar-refractivity contribution < 1.29 is 23.8 Å². The van der Waals surface area contributed by atoms with Crippen molar-refractivity contribution in [3.8, 4) is 0 Å². The molecule has 1 aliphatic heterocycles. The first kappa shape index (κ1) is 16.2. The van der Waals surface area contributed by atoms with Crippen molar-refractivity contribution in [3.63, 3.8) is 0 Å². The highest BCUT2D eigenvalue weighted by Gasteiger charge is 2.26. The number of carboxylic acid groups (broad SMARTS) is 1. The number of halogens is 1. The van der Waals surface area contributed by atoms with E-state index in [0.717, 1.165) is 5.56 Å². The zero-order valence-electron chi connectivity index (χ0n) is 13.1. The number of carbonyl (C=O) groups excluding carboxylic acids is 1. The topological polar surface area (TPSA) is 80.6 Å². The summed E-state index contributed by atoms with van der Waals surface area (Å²) in [6.07, 6.45) is 0. The van der Waals surface area contributed by atoms with Crippen LogP contribution < -0.4 is 5.32 Å². The van der Waals surface area contributed by atoms with Crippen LogP contribution in [0.15, 0.2) is 30.3 Å². The number of aromatic carboxylic acids is 1. The lowest BCUT2D eigenvalue weighted by atomic mass is 10.1. The van der Waals surface area contributed by atoms with Gasteiger partial charge in [0, 0.05) is 6.54 Å². The maximum atomic E-state index is 13.0. The smallest absolute Gasteiger partial charge is 0.352 e. The van der Waals surface area contributed by atoms with Gasteiger partial charge in [0.25, 0.3) is 5.91 Å². The average molecular weight is 332 g/mol. The number of hydrogen-bond acceptors (Lipinski definition) is 3. The number of rotatable bonds is 4. The van der Waals surface area contributed by atoms with Crippen molar-refractivity contribution in [3.05, 3.63) is 58.7 Å². The van der Waals surface area contributed by atoms with Gasteiger partial charge in [-0.25, -0.2) is 9.18 Å². The van der Waals surface area contributed by atoms with E-state index in [1.54, 1.807) is 23.6 Å². The lowest BCUT2D eigenvalue weighted by molar-refractivity contribution is 0.0642. The molecule has 24 heavy (non-hydrogen) atoms. The molecule has 0 aliphatic carbocycles. The predicted octanol–water partition coefficient (Wildman–Crippen LogP) is 2.35. The third-order valence-electron chi connectivity index (χ3n) is 4.09. The van der Waals surface area contributed by atoms with Gasteiger partial charge in [-0.15, -0.1) is 0 Å². The lowest BCUT2D eigenvalue weighted by Gasteiger charge is -2.19. The van der Waals surface area contributed by atoms with E-state index >= 15 is 0 Å². The van der Waals surface area contributed by atoms with Gasteiger partial charge in [0.05, 0.1) is 30.5 Å². The van der Waals surface area contributed by atoms with Crippen LogP contribution in [-0.2, 0) is 17.9 Å². The third kappa shape index (κ3) is 3.03. The summed E-state index contributed by atoms with van der Waals surface area (Å²) in [6.45, 7) is 2.79. The molecule has 0 radical (unpaired) electrons. The Morgan fingerprint density at radius 2 is 2.04 bits per heavy atom. The van der Waals surface area contributed by atoms with Crippen molar-refractivity contribution in [1.82, 2.24) is 9.88 Å². The van der Waals surface area contributed by atoms with Crippen LogP contribution in [0.4, 0.5) is 4.39 Å². The van der Waals surface area contributed by atoms with Crippen LogP contribution in [0.5, 0.6) is 0 Å². The molecule has 2 heterocycles. The Morgan fingerprint density at radius 3 is 2.71 bits per heavy atom. The second kappa shape index (κ2) is 6.45. The number of ether oxygens (including phenoxy) is 1.